The van der Waals surface area contributed by atoms with Crippen LogP contribution < -0.4 is 10.1 Å². The van der Waals surface area contributed by atoms with Gasteiger partial charge in [0.15, 0.2) is 0 Å². The van der Waals surface area contributed by atoms with Crippen molar-refractivity contribution in [3.05, 3.63) is 29.8 Å². The molecule has 0 spiro atoms. The fraction of sp³-hybridized carbons (Fsp3) is 0.625. The van der Waals surface area contributed by atoms with Crippen molar-refractivity contribution in [3.63, 3.8) is 0 Å². The zero-order chi connectivity index (χ0) is 13.5. The molecule has 1 aliphatic heterocycles. The van der Waals surface area contributed by atoms with E-state index in [2.05, 4.69) is 30.4 Å². The smallest absolute Gasteiger partial charge is 0.122 e. The Labute approximate surface area is 116 Å². The minimum Gasteiger partial charge on any atom is -0.493 e. The molecule has 19 heavy (non-hydrogen) atoms. The van der Waals surface area contributed by atoms with E-state index in [0.717, 1.165) is 31.9 Å². The molecule has 3 nitrogen and oxygen atoms in total. The van der Waals surface area contributed by atoms with E-state index in [-0.39, 0.29) is 0 Å². The van der Waals surface area contributed by atoms with E-state index in [0.29, 0.717) is 12.0 Å². The maximum absolute atomic E-state index is 5.70. The Morgan fingerprint density at radius 2 is 2.26 bits per heavy atom. The Kier molecular flexibility index (Phi) is 5.67. The predicted octanol–water partition coefficient (Wildman–Crippen LogP) is 2.96. The van der Waals surface area contributed by atoms with Gasteiger partial charge in [0.25, 0.3) is 0 Å². The topological polar surface area (TPSA) is 30.5 Å². The van der Waals surface area contributed by atoms with Crippen molar-refractivity contribution in [2.24, 2.45) is 0 Å². The SMILES string of the molecule is CCCC(COC)NCC1CCOc2ccccc21. The van der Waals surface area contributed by atoms with Gasteiger partial charge in [-0.2, -0.15) is 0 Å². The van der Waals surface area contributed by atoms with Crippen molar-refractivity contribution in [1.82, 2.24) is 5.32 Å². The molecule has 1 aromatic carbocycles. The molecule has 1 aliphatic rings. The number of hydrogen-bond donors (Lipinski definition) is 1. The first-order chi connectivity index (χ1) is 9.35. The fourth-order valence-corrected chi connectivity index (χ4v) is 2.73. The molecule has 0 saturated heterocycles. The molecule has 0 saturated carbocycles. The zero-order valence-corrected chi connectivity index (χ0v) is 12.0. The second-order valence-corrected chi connectivity index (χ2v) is 5.22. The van der Waals surface area contributed by atoms with Crippen molar-refractivity contribution in [3.8, 4) is 5.75 Å². The molecule has 1 N–H and O–H groups in total. The third kappa shape index (κ3) is 3.95. The van der Waals surface area contributed by atoms with E-state index < -0.39 is 0 Å². The van der Waals surface area contributed by atoms with E-state index in [1.54, 1.807) is 7.11 Å². The van der Waals surface area contributed by atoms with Gasteiger partial charge in [-0.3, -0.25) is 0 Å². The lowest BCUT2D eigenvalue weighted by Gasteiger charge is -2.28. The van der Waals surface area contributed by atoms with Crippen LogP contribution in [0, 0.1) is 0 Å². The number of para-hydroxylation sites is 1. The van der Waals surface area contributed by atoms with Crippen LogP contribution in [-0.4, -0.2) is 32.9 Å². The lowest BCUT2D eigenvalue weighted by molar-refractivity contribution is 0.159. The van der Waals surface area contributed by atoms with Gasteiger partial charge in [0.2, 0.25) is 0 Å². The number of benzene rings is 1. The first-order valence-corrected chi connectivity index (χ1v) is 7.29. The van der Waals surface area contributed by atoms with Gasteiger partial charge in [-0.25, -0.2) is 0 Å². The summed E-state index contributed by atoms with van der Waals surface area (Å²) in [4.78, 5) is 0. The molecule has 0 fully saturated rings. The van der Waals surface area contributed by atoms with Crippen molar-refractivity contribution in [2.75, 3.05) is 26.9 Å². The molecule has 0 aliphatic carbocycles. The number of fused-ring (bicyclic) bond motifs is 1. The Morgan fingerprint density at radius 3 is 3.05 bits per heavy atom. The average Bonchev–Trinajstić information content (AvgIpc) is 2.45. The van der Waals surface area contributed by atoms with Crippen molar-refractivity contribution >= 4 is 0 Å². The Balaban J connectivity index is 1.92. The van der Waals surface area contributed by atoms with Crippen molar-refractivity contribution in [2.45, 2.75) is 38.1 Å². The molecule has 3 heteroatoms. The van der Waals surface area contributed by atoms with Crippen molar-refractivity contribution in [1.29, 1.82) is 0 Å². The Hall–Kier alpha value is -1.06. The molecule has 1 aromatic rings. The summed E-state index contributed by atoms with van der Waals surface area (Å²) in [6.07, 6.45) is 3.44. The fourth-order valence-electron chi connectivity index (χ4n) is 2.73. The second-order valence-electron chi connectivity index (χ2n) is 5.22. The quantitative estimate of drug-likeness (QED) is 0.820. The van der Waals surface area contributed by atoms with Crippen LogP contribution in [0.15, 0.2) is 24.3 Å². The summed E-state index contributed by atoms with van der Waals surface area (Å²) >= 11 is 0. The van der Waals surface area contributed by atoms with Gasteiger partial charge < -0.3 is 14.8 Å². The highest BCUT2D eigenvalue weighted by Gasteiger charge is 2.21. The Bertz CT molecular complexity index is 375. The number of nitrogens with one attached hydrogen (secondary N) is 1. The summed E-state index contributed by atoms with van der Waals surface area (Å²) < 4.78 is 11.0. The monoisotopic (exact) mass is 263 g/mol. The third-order valence-corrected chi connectivity index (χ3v) is 3.74. The van der Waals surface area contributed by atoms with Crippen LogP contribution in [0.2, 0.25) is 0 Å². The van der Waals surface area contributed by atoms with E-state index in [1.807, 2.05) is 6.07 Å². The van der Waals surface area contributed by atoms with Crippen LogP contribution in [0.3, 0.4) is 0 Å². The maximum atomic E-state index is 5.70. The highest BCUT2D eigenvalue weighted by molar-refractivity contribution is 5.37. The van der Waals surface area contributed by atoms with Gasteiger partial charge in [0, 0.05) is 25.6 Å². The minimum absolute atomic E-state index is 0.463. The third-order valence-electron chi connectivity index (χ3n) is 3.74. The minimum atomic E-state index is 0.463. The molecule has 0 radical (unpaired) electrons. The van der Waals surface area contributed by atoms with E-state index in [9.17, 15) is 0 Å². The molecule has 0 bridgehead atoms. The zero-order valence-electron chi connectivity index (χ0n) is 12.0. The lowest BCUT2D eigenvalue weighted by atomic mass is 9.93. The predicted molar refractivity (Wildman–Crippen MR) is 77.9 cm³/mol. The first-order valence-electron chi connectivity index (χ1n) is 7.29. The molecule has 0 aromatic heterocycles. The molecule has 0 amide bonds. The van der Waals surface area contributed by atoms with Crippen LogP contribution in [0.5, 0.6) is 5.75 Å². The van der Waals surface area contributed by atoms with Crippen LogP contribution in [0.1, 0.15) is 37.7 Å². The average molecular weight is 263 g/mol. The standard InChI is InChI=1S/C16H25NO2/c1-3-6-14(12-18-2)17-11-13-9-10-19-16-8-5-4-7-15(13)16/h4-5,7-8,13-14,17H,3,6,9-12H2,1-2H3. The summed E-state index contributed by atoms with van der Waals surface area (Å²) in [5, 5.41) is 3.65. The number of hydrogen-bond acceptors (Lipinski definition) is 3. The van der Waals surface area contributed by atoms with Gasteiger partial charge in [0.05, 0.1) is 13.2 Å². The first kappa shape index (κ1) is 14.4. The van der Waals surface area contributed by atoms with Crippen LogP contribution in [-0.2, 0) is 4.74 Å². The van der Waals surface area contributed by atoms with Crippen LogP contribution >= 0.6 is 0 Å². The second kappa shape index (κ2) is 7.51. The van der Waals surface area contributed by atoms with E-state index >= 15 is 0 Å². The largest absolute Gasteiger partial charge is 0.493 e. The molecule has 1 heterocycles. The van der Waals surface area contributed by atoms with Gasteiger partial charge in [-0.15, -0.1) is 0 Å². The summed E-state index contributed by atoms with van der Waals surface area (Å²) in [5.41, 5.74) is 1.34. The lowest BCUT2D eigenvalue weighted by Crippen LogP contribution is -2.37. The summed E-state index contributed by atoms with van der Waals surface area (Å²) in [6.45, 7) is 4.84. The van der Waals surface area contributed by atoms with Gasteiger partial charge in [-0.1, -0.05) is 31.5 Å². The summed E-state index contributed by atoms with van der Waals surface area (Å²) in [5.74, 6) is 1.61. The Morgan fingerprint density at radius 1 is 1.42 bits per heavy atom. The van der Waals surface area contributed by atoms with Crippen LogP contribution in [0.25, 0.3) is 0 Å². The van der Waals surface area contributed by atoms with Gasteiger partial charge >= 0.3 is 0 Å². The molecular weight excluding hydrogens is 238 g/mol. The molecular formula is C16H25NO2. The number of rotatable bonds is 7. The number of methoxy groups -OCH3 is 1. The molecule has 2 atom stereocenters. The van der Waals surface area contributed by atoms with Gasteiger partial charge in [0.1, 0.15) is 5.75 Å². The van der Waals surface area contributed by atoms with Crippen LogP contribution in [0.4, 0.5) is 0 Å². The molecule has 2 rings (SSSR count). The van der Waals surface area contributed by atoms with E-state index in [1.165, 1.54) is 18.4 Å². The normalized spacial score (nSPS) is 19.6. The molecule has 106 valence electrons. The number of ether oxygens (including phenoxy) is 2. The van der Waals surface area contributed by atoms with Crippen molar-refractivity contribution < 1.29 is 9.47 Å². The maximum Gasteiger partial charge on any atom is 0.122 e. The van der Waals surface area contributed by atoms with Gasteiger partial charge in [-0.05, 0) is 24.5 Å². The highest BCUT2D eigenvalue weighted by atomic mass is 16.5. The van der Waals surface area contributed by atoms with E-state index in [4.69, 9.17) is 9.47 Å². The highest BCUT2D eigenvalue weighted by Crippen LogP contribution is 2.32. The summed E-state index contributed by atoms with van der Waals surface area (Å²) in [7, 11) is 1.77. The molecule has 2 unspecified atom stereocenters. The summed E-state index contributed by atoms with van der Waals surface area (Å²) in [6, 6.07) is 8.86.